The molecule has 0 unspecified atom stereocenters. The van der Waals surface area contributed by atoms with Crippen molar-refractivity contribution in [1.82, 2.24) is 4.90 Å². The third-order valence-corrected chi connectivity index (χ3v) is 5.37. The molecule has 2 aromatic rings. The number of carbonyl (C=O) groups excluding carboxylic acids is 1. The highest BCUT2D eigenvalue weighted by atomic mass is 32.1. The summed E-state index contributed by atoms with van der Waals surface area (Å²) < 4.78 is 6.21. The average Bonchev–Trinajstić information content (AvgIpc) is 2.97. The Bertz CT molecular complexity index is 726. The molecule has 1 aromatic heterocycles. The van der Waals surface area contributed by atoms with Gasteiger partial charge in [0.1, 0.15) is 0 Å². The Balaban J connectivity index is 2.07. The predicted molar refractivity (Wildman–Crippen MR) is 88.5 cm³/mol. The second kappa shape index (κ2) is 6.68. The van der Waals surface area contributed by atoms with Gasteiger partial charge in [0.2, 0.25) is 5.91 Å². The molecule has 1 saturated heterocycles. The molecule has 6 heteroatoms. The third-order valence-electron chi connectivity index (χ3n) is 4.39. The van der Waals surface area contributed by atoms with Crippen molar-refractivity contribution in [2.24, 2.45) is 5.92 Å². The van der Waals surface area contributed by atoms with Crippen LogP contribution in [-0.4, -0.2) is 42.1 Å². The zero-order valence-corrected chi connectivity index (χ0v) is 13.7. The summed E-state index contributed by atoms with van der Waals surface area (Å²) >= 11 is 1.59. The Hall–Kier alpha value is -1.92. The van der Waals surface area contributed by atoms with E-state index in [2.05, 4.69) is 0 Å². The molecule has 0 spiro atoms. The lowest BCUT2D eigenvalue weighted by Gasteiger charge is -2.39. The number of nitrogens with zero attached hydrogens (tertiary/aromatic N) is 1. The van der Waals surface area contributed by atoms with Gasteiger partial charge in [0.15, 0.2) is 0 Å². The smallest absolute Gasteiger partial charge is 0.308 e. The minimum atomic E-state index is -0.847. The molecule has 122 valence electrons. The van der Waals surface area contributed by atoms with Crippen molar-refractivity contribution in [2.75, 3.05) is 20.3 Å². The van der Waals surface area contributed by atoms with Crippen LogP contribution in [0.4, 0.5) is 0 Å². The number of piperidine rings is 1. The summed E-state index contributed by atoms with van der Waals surface area (Å²) in [7, 11) is 1.58. The molecule has 1 amide bonds. The molecule has 1 aliphatic rings. The van der Waals surface area contributed by atoms with Gasteiger partial charge in [-0.25, -0.2) is 0 Å². The lowest BCUT2D eigenvalue weighted by Crippen LogP contribution is -2.46. The number of carbonyl (C=O) groups is 2. The Morgan fingerprint density at radius 1 is 1.43 bits per heavy atom. The topological polar surface area (TPSA) is 66.8 Å². The van der Waals surface area contributed by atoms with Crippen molar-refractivity contribution < 1.29 is 19.4 Å². The van der Waals surface area contributed by atoms with Crippen LogP contribution in [-0.2, 0) is 14.3 Å². The number of carboxylic acids is 1. The summed E-state index contributed by atoms with van der Waals surface area (Å²) in [5.74, 6) is -1.43. The second-order valence-corrected chi connectivity index (χ2v) is 6.61. The highest BCUT2D eigenvalue weighted by Gasteiger charge is 2.41. The normalized spacial score (nSPS) is 21.8. The minimum absolute atomic E-state index is 0.000156. The monoisotopic (exact) mass is 333 g/mol. The second-order valence-electron chi connectivity index (χ2n) is 5.70. The lowest BCUT2D eigenvalue weighted by atomic mass is 9.84. The summed E-state index contributed by atoms with van der Waals surface area (Å²) in [6.45, 7) is 0.810. The lowest BCUT2D eigenvalue weighted by molar-refractivity contribution is -0.152. The van der Waals surface area contributed by atoms with Crippen molar-refractivity contribution in [3.05, 3.63) is 35.2 Å². The Labute approximate surface area is 138 Å². The van der Waals surface area contributed by atoms with Gasteiger partial charge in [0, 0.05) is 24.8 Å². The molecule has 0 bridgehead atoms. The van der Waals surface area contributed by atoms with Crippen LogP contribution in [0.15, 0.2) is 29.6 Å². The maximum absolute atomic E-state index is 12.4. The van der Waals surface area contributed by atoms with E-state index in [4.69, 9.17) is 4.74 Å². The number of aliphatic carboxylic acids is 1. The largest absolute Gasteiger partial charge is 0.481 e. The number of hydrogen-bond acceptors (Lipinski definition) is 4. The van der Waals surface area contributed by atoms with Crippen LogP contribution in [0.2, 0.25) is 0 Å². The van der Waals surface area contributed by atoms with Crippen LogP contribution in [0, 0.1) is 5.92 Å². The van der Waals surface area contributed by atoms with Crippen LogP contribution in [0.1, 0.15) is 24.4 Å². The molecule has 0 saturated carbocycles. The average molecular weight is 333 g/mol. The van der Waals surface area contributed by atoms with Crippen LogP contribution in [0.25, 0.3) is 10.1 Å². The zero-order chi connectivity index (χ0) is 16.4. The fourth-order valence-electron chi connectivity index (χ4n) is 3.28. The molecule has 0 aliphatic carbocycles. The molecule has 23 heavy (non-hydrogen) atoms. The SMILES string of the molecule is COCCN1C(=O)CC[C@H](C(=O)O)[C@H]1c1csc2ccccc12. The van der Waals surface area contributed by atoms with Crippen molar-refractivity contribution in [2.45, 2.75) is 18.9 Å². The molecule has 3 rings (SSSR count). The van der Waals surface area contributed by atoms with E-state index in [9.17, 15) is 14.7 Å². The number of likely N-dealkylation sites (tertiary alicyclic amines) is 1. The number of thiophene rings is 1. The van der Waals surface area contributed by atoms with Crippen LogP contribution >= 0.6 is 11.3 Å². The molecular weight excluding hydrogens is 314 g/mol. The number of carboxylic acid groups (broad SMARTS) is 1. The maximum atomic E-state index is 12.4. The molecule has 0 radical (unpaired) electrons. The molecule has 2 heterocycles. The highest BCUT2D eigenvalue weighted by molar-refractivity contribution is 7.17. The zero-order valence-electron chi connectivity index (χ0n) is 12.9. The van der Waals surface area contributed by atoms with Gasteiger partial charge >= 0.3 is 5.97 Å². The molecule has 1 N–H and O–H groups in total. The standard InChI is InChI=1S/C17H19NO4S/c1-22-9-8-18-15(19)7-6-12(17(20)21)16(18)13-10-23-14-5-3-2-4-11(13)14/h2-5,10,12,16H,6-9H2,1H3,(H,20,21)/t12-,16-/m0/s1. The van der Waals surface area contributed by atoms with Gasteiger partial charge in [-0.3, -0.25) is 9.59 Å². The van der Waals surface area contributed by atoms with Crippen molar-refractivity contribution in [3.8, 4) is 0 Å². The number of rotatable bonds is 5. The minimum Gasteiger partial charge on any atom is -0.481 e. The van der Waals surface area contributed by atoms with Crippen LogP contribution < -0.4 is 0 Å². The number of hydrogen-bond donors (Lipinski definition) is 1. The first-order chi connectivity index (χ1) is 11.1. The van der Waals surface area contributed by atoms with E-state index >= 15 is 0 Å². The number of fused-ring (bicyclic) bond motifs is 1. The quantitative estimate of drug-likeness (QED) is 0.913. The molecule has 5 nitrogen and oxygen atoms in total. The Kier molecular flexibility index (Phi) is 4.63. The van der Waals surface area contributed by atoms with E-state index in [1.54, 1.807) is 23.3 Å². The fraction of sp³-hybridized carbons (Fsp3) is 0.412. The van der Waals surface area contributed by atoms with Gasteiger partial charge in [-0.15, -0.1) is 11.3 Å². The number of benzene rings is 1. The van der Waals surface area contributed by atoms with Gasteiger partial charge in [0.25, 0.3) is 0 Å². The molecular formula is C17H19NO4S. The first-order valence-electron chi connectivity index (χ1n) is 7.61. The number of amides is 1. The van der Waals surface area contributed by atoms with Gasteiger partial charge in [0.05, 0.1) is 18.6 Å². The molecule has 1 fully saturated rings. The van der Waals surface area contributed by atoms with Crippen molar-refractivity contribution in [1.29, 1.82) is 0 Å². The third kappa shape index (κ3) is 2.96. The van der Waals surface area contributed by atoms with Crippen LogP contribution in [0.5, 0.6) is 0 Å². The number of methoxy groups -OCH3 is 1. The Morgan fingerprint density at radius 2 is 2.22 bits per heavy atom. The van der Waals surface area contributed by atoms with Gasteiger partial charge in [-0.1, -0.05) is 18.2 Å². The summed E-state index contributed by atoms with van der Waals surface area (Å²) in [5.41, 5.74) is 0.933. The van der Waals surface area contributed by atoms with E-state index in [1.807, 2.05) is 29.6 Å². The first kappa shape index (κ1) is 16.0. The van der Waals surface area contributed by atoms with Gasteiger partial charge in [-0.2, -0.15) is 0 Å². The van der Waals surface area contributed by atoms with Gasteiger partial charge < -0.3 is 14.7 Å². The maximum Gasteiger partial charge on any atom is 0.308 e. The van der Waals surface area contributed by atoms with E-state index in [0.717, 1.165) is 15.6 Å². The summed E-state index contributed by atoms with van der Waals surface area (Å²) in [5, 5.41) is 12.7. The molecule has 1 aliphatic heterocycles. The number of ether oxygens (including phenoxy) is 1. The van der Waals surface area contributed by atoms with E-state index in [0.29, 0.717) is 19.6 Å². The fourth-order valence-corrected chi connectivity index (χ4v) is 4.27. The summed E-state index contributed by atoms with van der Waals surface area (Å²) in [6.07, 6.45) is 0.658. The van der Waals surface area contributed by atoms with Crippen LogP contribution in [0.3, 0.4) is 0 Å². The Morgan fingerprint density at radius 3 is 2.96 bits per heavy atom. The van der Waals surface area contributed by atoms with E-state index < -0.39 is 17.9 Å². The first-order valence-corrected chi connectivity index (χ1v) is 8.48. The summed E-state index contributed by atoms with van der Waals surface area (Å²) in [4.78, 5) is 25.8. The van der Waals surface area contributed by atoms with E-state index in [-0.39, 0.29) is 12.3 Å². The summed E-state index contributed by atoms with van der Waals surface area (Å²) in [6, 6.07) is 7.49. The molecule has 2 atom stereocenters. The van der Waals surface area contributed by atoms with Crippen molar-refractivity contribution >= 4 is 33.3 Å². The van der Waals surface area contributed by atoms with E-state index in [1.165, 1.54) is 0 Å². The predicted octanol–water partition coefficient (Wildman–Crippen LogP) is 2.91. The van der Waals surface area contributed by atoms with Gasteiger partial charge in [-0.05, 0) is 28.8 Å². The highest BCUT2D eigenvalue weighted by Crippen LogP contribution is 2.41. The molecule has 1 aromatic carbocycles. The van der Waals surface area contributed by atoms with Crippen molar-refractivity contribution in [3.63, 3.8) is 0 Å².